The zero-order chi connectivity index (χ0) is 21.3. The van der Waals surface area contributed by atoms with E-state index in [1.807, 2.05) is 18.4 Å². The van der Waals surface area contributed by atoms with Gasteiger partial charge in [-0.25, -0.2) is 9.37 Å². The summed E-state index contributed by atoms with van der Waals surface area (Å²) in [6.07, 6.45) is 1.03. The molecule has 2 aromatic heterocycles. The Kier molecular flexibility index (Phi) is 5.32. The second kappa shape index (κ2) is 8.07. The zero-order valence-electron chi connectivity index (χ0n) is 16.4. The number of aromatic nitrogens is 4. The van der Waals surface area contributed by atoms with Crippen LogP contribution in [0, 0.1) is 5.82 Å². The van der Waals surface area contributed by atoms with Crippen LogP contribution in [0.5, 0.6) is 11.5 Å². The lowest BCUT2D eigenvalue weighted by Crippen LogP contribution is -2.32. The van der Waals surface area contributed by atoms with Crippen LogP contribution < -0.4 is 14.8 Å². The number of anilines is 1. The Hall–Kier alpha value is -3.53. The molecule has 9 nitrogen and oxygen atoms in total. The highest BCUT2D eigenvalue weighted by Gasteiger charge is 2.25. The largest absolute Gasteiger partial charge is 0.486 e. The summed E-state index contributed by atoms with van der Waals surface area (Å²) in [6.45, 7) is 3.83. The van der Waals surface area contributed by atoms with E-state index in [2.05, 4.69) is 20.5 Å². The van der Waals surface area contributed by atoms with E-state index in [1.54, 1.807) is 24.5 Å². The molecule has 0 fully saturated rings. The van der Waals surface area contributed by atoms with Crippen molar-refractivity contribution in [3.8, 4) is 23.0 Å². The number of amides is 1. The van der Waals surface area contributed by atoms with Crippen LogP contribution in [0.25, 0.3) is 11.5 Å². The molecule has 0 aliphatic carbocycles. The van der Waals surface area contributed by atoms with E-state index in [1.165, 1.54) is 6.07 Å². The van der Waals surface area contributed by atoms with Gasteiger partial charge in [0.2, 0.25) is 0 Å². The lowest BCUT2D eigenvalue weighted by atomic mass is 10.1. The van der Waals surface area contributed by atoms with E-state index in [4.69, 9.17) is 9.47 Å². The molecule has 1 unspecified atom stereocenters. The van der Waals surface area contributed by atoms with Gasteiger partial charge >= 0.3 is 0 Å². The number of nitrogens with one attached hydrogen (secondary N) is 1. The molecule has 2 N–H and O–H groups in total. The van der Waals surface area contributed by atoms with E-state index >= 15 is 0 Å². The van der Waals surface area contributed by atoms with Gasteiger partial charge in [-0.3, -0.25) is 4.79 Å². The van der Waals surface area contributed by atoms with Crippen LogP contribution in [-0.4, -0.2) is 50.1 Å². The fraction of sp³-hybridized carbons (Fsp3) is 0.300. The van der Waals surface area contributed by atoms with E-state index in [9.17, 15) is 14.3 Å². The molecule has 156 valence electrons. The number of carbonyl (C=O) groups is 1. The van der Waals surface area contributed by atoms with Crippen LogP contribution in [0.3, 0.4) is 0 Å². The minimum Gasteiger partial charge on any atom is -0.486 e. The maximum atomic E-state index is 14.5. The number of rotatable bonds is 5. The van der Waals surface area contributed by atoms with E-state index in [0.29, 0.717) is 11.5 Å². The molecule has 0 bridgehead atoms. The first-order valence-corrected chi connectivity index (χ1v) is 9.38. The standard InChI is InChI=1S/C20H20FN5O4/c1-11(2)26-10-22-25-19(26)15-4-3-5-18(23-15)24-20(28)13-6-17-16(7-14(13)21)29-9-12(8-27)30-17/h3-7,10-12,27H,8-9H2,1-2H3,(H,23,24,28). The number of aliphatic hydroxyl groups is 1. The lowest BCUT2D eigenvalue weighted by molar-refractivity contribution is 0.0452. The molecule has 3 aromatic rings. The lowest BCUT2D eigenvalue weighted by Gasteiger charge is -2.25. The third-order valence-corrected chi connectivity index (χ3v) is 4.55. The quantitative estimate of drug-likeness (QED) is 0.661. The number of aliphatic hydroxyl groups excluding tert-OH is 1. The van der Waals surface area contributed by atoms with E-state index in [0.717, 1.165) is 6.07 Å². The first kappa shape index (κ1) is 19.8. The Morgan fingerprint density at radius 2 is 2.20 bits per heavy atom. The number of benzene rings is 1. The zero-order valence-corrected chi connectivity index (χ0v) is 16.4. The summed E-state index contributed by atoms with van der Waals surface area (Å²) in [5.74, 6) is -0.284. The van der Waals surface area contributed by atoms with Crippen molar-refractivity contribution in [3.63, 3.8) is 0 Å². The number of hydrogen-bond donors (Lipinski definition) is 2. The van der Waals surface area contributed by atoms with E-state index in [-0.39, 0.29) is 42.1 Å². The Labute approximate surface area is 171 Å². The summed E-state index contributed by atoms with van der Waals surface area (Å²) in [5.41, 5.74) is 0.293. The normalized spacial score (nSPS) is 15.3. The van der Waals surface area contributed by atoms with Crippen LogP contribution in [0.2, 0.25) is 0 Å². The summed E-state index contributed by atoms with van der Waals surface area (Å²) in [4.78, 5) is 17.1. The van der Waals surface area contributed by atoms with Crippen LogP contribution >= 0.6 is 0 Å². The molecule has 30 heavy (non-hydrogen) atoms. The SMILES string of the molecule is CC(C)n1cnnc1-c1cccc(NC(=O)c2cc3c(cc2F)OCC(CO)O3)n1. The second-order valence-corrected chi connectivity index (χ2v) is 7.03. The third kappa shape index (κ3) is 3.81. The highest BCUT2D eigenvalue weighted by molar-refractivity contribution is 6.04. The Balaban J connectivity index is 1.58. The molecule has 10 heteroatoms. The molecule has 1 amide bonds. The maximum Gasteiger partial charge on any atom is 0.259 e. The molecular weight excluding hydrogens is 393 g/mol. The molecule has 0 spiro atoms. The molecule has 0 saturated heterocycles. The van der Waals surface area contributed by atoms with Crippen molar-refractivity contribution in [1.29, 1.82) is 0 Å². The van der Waals surface area contributed by atoms with E-state index < -0.39 is 17.8 Å². The summed E-state index contributed by atoms with van der Waals surface area (Å²) in [6, 6.07) is 7.52. The monoisotopic (exact) mass is 413 g/mol. The average molecular weight is 413 g/mol. The summed E-state index contributed by atoms with van der Waals surface area (Å²) in [5, 5.41) is 19.8. The number of ether oxygens (including phenoxy) is 2. The molecule has 3 heterocycles. The molecule has 1 aliphatic rings. The van der Waals surface area contributed by atoms with Gasteiger partial charge in [-0.2, -0.15) is 0 Å². The van der Waals surface area contributed by atoms with Crippen molar-refractivity contribution in [1.82, 2.24) is 19.7 Å². The predicted octanol–water partition coefficient (Wildman–Crippen LogP) is 2.44. The average Bonchev–Trinajstić information content (AvgIpc) is 3.23. The molecule has 0 saturated carbocycles. The van der Waals surface area contributed by atoms with Crippen LogP contribution in [0.15, 0.2) is 36.7 Å². The predicted molar refractivity (Wildman–Crippen MR) is 105 cm³/mol. The van der Waals surface area contributed by atoms with Crippen LogP contribution in [-0.2, 0) is 0 Å². The van der Waals surface area contributed by atoms with Crippen LogP contribution in [0.4, 0.5) is 10.2 Å². The van der Waals surface area contributed by atoms with Gasteiger partial charge in [-0.15, -0.1) is 10.2 Å². The molecule has 1 aliphatic heterocycles. The number of fused-ring (bicyclic) bond motifs is 1. The van der Waals surface area contributed by atoms with Crippen molar-refractivity contribution >= 4 is 11.7 Å². The number of hydrogen-bond acceptors (Lipinski definition) is 7. The maximum absolute atomic E-state index is 14.5. The Morgan fingerprint density at radius 1 is 1.37 bits per heavy atom. The third-order valence-electron chi connectivity index (χ3n) is 4.55. The van der Waals surface area contributed by atoms with Gasteiger partial charge in [0, 0.05) is 12.1 Å². The molecule has 4 rings (SSSR count). The summed E-state index contributed by atoms with van der Waals surface area (Å²) >= 11 is 0. The summed E-state index contributed by atoms with van der Waals surface area (Å²) in [7, 11) is 0. The van der Waals surface area contributed by atoms with Gasteiger partial charge in [0.25, 0.3) is 5.91 Å². The van der Waals surface area contributed by atoms with Gasteiger partial charge in [0.15, 0.2) is 23.4 Å². The first-order valence-electron chi connectivity index (χ1n) is 9.38. The molecule has 1 aromatic carbocycles. The molecule has 1 atom stereocenters. The number of halogens is 1. The topological polar surface area (TPSA) is 111 Å². The van der Waals surface area contributed by atoms with Crippen LogP contribution in [0.1, 0.15) is 30.2 Å². The number of nitrogens with zero attached hydrogens (tertiary/aromatic N) is 4. The molecule has 0 radical (unpaired) electrons. The summed E-state index contributed by atoms with van der Waals surface area (Å²) < 4.78 is 27.2. The van der Waals surface area contributed by atoms with Gasteiger partial charge in [-0.1, -0.05) is 6.07 Å². The van der Waals surface area contributed by atoms with Gasteiger partial charge < -0.3 is 24.5 Å². The minimum absolute atomic E-state index is 0.103. The second-order valence-electron chi connectivity index (χ2n) is 7.03. The van der Waals surface area contributed by atoms with Gasteiger partial charge in [-0.05, 0) is 32.0 Å². The number of carbonyl (C=O) groups excluding carboxylic acids is 1. The smallest absolute Gasteiger partial charge is 0.259 e. The fourth-order valence-corrected chi connectivity index (χ4v) is 3.02. The Bertz CT molecular complexity index is 1080. The minimum atomic E-state index is -0.756. The number of pyridine rings is 1. The van der Waals surface area contributed by atoms with Crippen molar-refractivity contribution < 1.29 is 23.8 Å². The highest BCUT2D eigenvalue weighted by Crippen LogP contribution is 2.34. The van der Waals surface area contributed by atoms with Gasteiger partial charge in [0.05, 0.1) is 12.2 Å². The molecular formula is C20H20FN5O4. The first-order chi connectivity index (χ1) is 14.5. The van der Waals surface area contributed by atoms with Crippen molar-refractivity contribution in [2.75, 3.05) is 18.5 Å². The van der Waals surface area contributed by atoms with Crippen molar-refractivity contribution in [3.05, 3.63) is 48.0 Å². The van der Waals surface area contributed by atoms with Crippen molar-refractivity contribution in [2.24, 2.45) is 0 Å². The van der Waals surface area contributed by atoms with Gasteiger partial charge in [0.1, 0.15) is 30.3 Å². The highest BCUT2D eigenvalue weighted by atomic mass is 19.1. The Morgan fingerprint density at radius 3 is 2.97 bits per heavy atom. The van der Waals surface area contributed by atoms with Crippen molar-refractivity contribution in [2.45, 2.75) is 26.0 Å². The fourth-order valence-electron chi connectivity index (χ4n) is 3.02.